The van der Waals surface area contributed by atoms with E-state index in [0.29, 0.717) is 17.9 Å². The Bertz CT molecular complexity index is 591. The number of aliphatic imine (C=N–C) groups is 1. The topological polar surface area (TPSA) is 50.4 Å². The largest absolute Gasteiger partial charge is 0.370 e. The molecule has 3 N–H and O–H groups in total. The lowest BCUT2D eigenvalue weighted by molar-refractivity contribution is 0.849. The van der Waals surface area contributed by atoms with Crippen molar-refractivity contribution in [2.75, 3.05) is 6.54 Å². The second-order valence-electron chi connectivity index (χ2n) is 4.83. The molecule has 0 aromatic carbocycles. The summed E-state index contributed by atoms with van der Waals surface area (Å²) in [5.41, 5.74) is 5.94. The molecule has 2 heterocycles. The average Bonchev–Trinajstić information content (AvgIpc) is 2.83. The Morgan fingerprint density at radius 2 is 2.35 bits per heavy atom. The zero-order chi connectivity index (χ0) is 13.9. The van der Waals surface area contributed by atoms with Gasteiger partial charge in [0, 0.05) is 34.7 Å². The molecule has 106 valence electrons. The smallest absolute Gasteiger partial charge is 0.188 e. The number of hydrogen-bond acceptors (Lipinski definition) is 3. The molecule has 1 aliphatic carbocycles. The molecule has 2 aromatic rings. The lowest BCUT2D eigenvalue weighted by atomic mass is 10.3. The van der Waals surface area contributed by atoms with Crippen LogP contribution in [0.5, 0.6) is 0 Å². The molecule has 3 rings (SSSR count). The molecule has 0 unspecified atom stereocenters. The quantitative estimate of drug-likeness (QED) is 0.625. The van der Waals surface area contributed by atoms with Crippen molar-refractivity contribution < 1.29 is 0 Å². The lowest BCUT2D eigenvalue weighted by Crippen LogP contribution is -2.34. The van der Waals surface area contributed by atoms with Crippen LogP contribution >= 0.6 is 38.6 Å². The summed E-state index contributed by atoms with van der Waals surface area (Å²) in [6.45, 7) is 0.751. The van der Waals surface area contributed by atoms with Crippen LogP contribution in [-0.2, 0) is 6.42 Å². The first-order valence-corrected chi connectivity index (χ1v) is 9.05. The van der Waals surface area contributed by atoms with E-state index >= 15 is 0 Å². The third kappa shape index (κ3) is 3.62. The van der Waals surface area contributed by atoms with E-state index < -0.39 is 0 Å². The molecule has 0 saturated heterocycles. The van der Waals surface area contributed by atoms with Gasteiger partial charge < -0.3 is 11.1 Å². The second kappa shape index (κ2) is 6.28. The Hall–Kier alpha value is -0.850. The zero-order valence-corrected chi connectivity index (χ0v) is 14.1. The van der Waals surface area contributed by atoms with Crippen molar-refractivity contribution in [3.05, 3.63) is 43.2 Å². The molecule has 2 aromatic heterocycles. The summed E-state index contributed by atoms with van der Waals surface area (Å²) >= 11 is 7.07. The summed E-state index contributed by atoms with van der Waals surface area (Å²) in [6.07, 6.45) is 2.11. The van der Waals surface area contributed by atoms with Crippen molar-refractivity contribution in [3.8, 4) is 0 Å². The van der Waals surface area contributed by atoms with Gasteiger partial charge in [0.25, 0.3) is 0 Å². The van der Waals surface area contributed by atoms with Gasteiger partial charge in [0.1, 0.15) is 0 Å². The van der Waals surface area contributed by atoms with E-state index in [9.17, 15) is 0 Å². The van der Waals surface area contributed by atoms with Crippen molar-refractivity contribution in [1.82, 2.24) is 5.32 Å². The van der Waals surface area contributed by atoms with Crippen LogP contribution in [0, 0.1) is 0 Å². The van der Waals surface area contributed by atoms with Crippen LogP contribution in [0.15, 0.2) is 38.4 Å². The van der Waals surface area contributed by atoms with Crippen LogP contribution in [0.4, 0.5) is 0 Å². The molecule has 1 fully saturated rings. The lowest BCUT2D eigenvalue weighted by Gasteiger charge is -2.04. The van der Waals surface area contributed by atoms with Gasteiger partial charge in [-0.25, -0.2) is 0 Å². The molecule has 2 atom stereocenters. The standard InChI is InChI=1S/C14H16BrN3S2/c15-13-4-3-12(20-13)10-8-11(10)18-14(16)17-6-5-9-2-1-7-19-9/h1-4,7,10-11H,5-6,8H2,(H3,16,17,18)/t10-,11-/m1/s1. The second-order valence-corrected chi connectivity index (χ2v) is 8.36. The SMILES string of the molecule is NC(=NCCc1cccs1)N[C@@H]1C[C@H]1c1ccc(Br)s1. The van der Waals surface area contributed by atoms with Gasteiger partial charge in [-0.3, -0.25) is 4.99 Å². The normalized spacial score (nSPS) is 21.9. The highest BCUT2D eigenvalue weighted by Crippen LogP contribution is 2.44. The number of thiophene rings is 2. The van der Waals surface area contributed by atoms with E-state index in [4.69, 9.17) is 5.73 Å². The molecule has 0 amide bonds. The molecule has 3 nitrogen and oxygen atoms in total. The van der Waals surface area contributed by atoms with E-state index in [1.54, 1.807) is 22.7 Å². The highest BCUT2D eigenvalue weighted by molar-refractivity contribution is 9.11. The maximum atomic E-state index is 5.94. The van der Waals surface area contributed by atoms with E-state index in [0.717, 1.165) is 19.4 Å². The van der Waals surface area contributed by atoms with E-state index in [2.05, 4.69) is 55.9 Å². The summed E-state index contributed by atoms with van der Waals surface area (Å²) in [4.78, 5) is 7.17. The van der Waals surface area contributed by atoms with Crippen molar-refractivity contribution in [2.45, 2.75) is 24.8 Å². The van der Waals surface area contributed by atoms with Gasteiger partial charge in [0.15, 0.2) is 5.96 Å². The first-order valence-electron chi connectivity index (χ1n) is 6.56. The fourth-order valence-corrected chi connectivity index (χ4v) is 4.47. The third-order valence-corrected chi connectivity index (χ3v) is 6.00. The zero-order valence-electron chi connectivity index (χ0n) is 10.9. The number of guanidine groups is 1. The highest BCUT2D eigenvalue weighted by atomic mass is 79.9. The van der Waals surface area contributed by atoms with Crippen LogP contribution < -0.4 is 11.1 Å². The summed E-state index contributed by atoms with van der Waals surface area (Å²) in [5, 5.41) is 5.41. The monoisotopic (exact) mass is 369 g/mol. The predicted octanol–water partition coefficient (Wildman–Crippen LogP) is 3.58. The van der Waals surface area contributed by atoms with Gasteiger partial charge >= 0.3 is 0 Å². The van der Waals surface area contributed by atoms with Crippen molar-refractivity contribution in [3.63, 3.8) is 0 Å². The molecular weight excluding hydrogens is 354 g/mol. The Morgan fingerprint density at radius 1 is 1.45 bits per heavy atom. The Balaban J connectivity index is 1.44. The number of rotatable bonds is 5. The van der Waals surface area contributed by atoms with Gasteiger partial charge in [0.2, 0.25) is 0 Å². The van der Waals surface area contributed by atoms with Crippen LogP contribution in [0.1, 0.15) is 22.1 Å². The summed E-state index contributed by atoms with van der Waals surface area (Å²) in [6, 6.07) is 8.94. The first-order chi connectivity index (χ1) is 9.72. The maximum Gasteiger partial charge on any atom is 0.188 e. The number of nitrogens with zero attached hydrogens (tertiary/aromatic N) is 1. The molecular formula is C14H16BrN3S2. The van der Waals surface area contributed by atoms with Gasteiger partial charge in [-0.05, 0) is 45.9 Å². The van der Waals surface area contributed by atoms with Crippen molar-refractivity contribution in [2.24, 2.45) is 10.7 Å². The molecule has 1 saturated carbocycles. The third-order valence-electron chi connectivity index (χ3n) is 3.30. The van der Waals surface area contributed by atoms with Crippen LogP contribution in [0.3, 0.4) is 0 Å². The minimum absolute atomic E-state index is 0.450. The van der Waals surface area contributed by atoms with Gasteiger partial charge in [-0.15, -0.1) is 22.7 Å². The summed E-state index contributed by atoms with van der Waals surface area (Å²) in [7, 11) is 0. The number of halogens is 1. The fraction of sp³-hybridized carbons (Fsp3) is 0.357. The number of nitrogens with two attached hydrogens (primary N) is 1. The Labute approximate surface area is 135 Å². The number of nitrogens with one attached hydrogen (secondary N) is 1. The average molecular weight is 370 g/mol. The minimum atomic E-state index is 0.450. The first kappa shape index (κ1) is 14.1. The maximum absolute atomic E-state index is 5.94. The van der Waals surface area contributed by atoms with E-state index in [1.807, 2.05) is 0 Å². The molecule has 0 spiro atoms. The van der Waals surface area contributed by atoms with Crippen LogP contribution in [0.2, 0.25) is 0 Å². The molecule has 6 heteroatoms. The van der Waals surface area contributed by atoms with Gasteiger partial charge in [-0.1, -0.05) is 6.07 Å². The van der Waals surface area contributed by atoms with Crippen LogP contribution in [-0.4, -0.2) is 18.5 Å². The summed E-state index contributed by atoms with van der Waals surface area (Å²) in [5.74, 6) is 1.17. The van der Waals surface area contributed by atoms with Crippen LogP contribution in [0.25, 0.3) is 0 Å². The van der Waals surface area contributed by atoms with E-state index in [1.165, 1.54) is 13.5 Å². The summed E-state index contributed by atoms with van der Waals surface area (Å²) < 4.78 is 1.19. The van der Waals surface area contributed by atoms with E-state index in [-0.39, 0.29) is 0 Å². The van der Waals surface area contributed by atoms with Gasteiger partial charge in [0.05, 0.1) is 3.79 Å². The molecule has 0 radical (unpaired) electrons. The molecule has 0 bridgehead atoms. The van der Waals surface area contributed by atoms with Crippen molar-refractivity contribution >= 4 is 44.6 Å². The van der Waals surface area contributed by atoms with Gasteiger partial charge in [-0.2, -0.15) is 0 Å². The predicted molar refractivity (Wildman–Crippen MR) is 90.8 cm³/mol. The Morgan fingerprint density at radius 3 is 3.05 bits per heavy atom. The van der Waals surface area contributed by atoms with Crippen molar-refractivity contribution in [1.29, 1.82) is 0 Å². The minimum Gasteiger partial charge on any atom is -0.370 e. The molecule has 0 aliphatic heterocycles. The molecule has 20 heavy (non-hydrogen) atoms. The number of hydrogen-bond donors (Lipinski definition) is 2. The molecule has 1 aliphatic rings. The highest BCUT2D eigenvalue weighted by Gasteiger charge is 2.39. The Kier molecular flexibility index (Phi) is 4.43. The fourth-order valence-electron chi connectivity index (χ4n) is 2.17.